The van der Waals surface area contributed by atoms with Gasteiger partial charge in [-0.15, -0.1) is 23.1 Å². The summed E-state index contributed by atoms with van der Waals surface area (Å²) in [6.45, 7) is 3.58. The molecule has 0 saturated heterocycles. The van der Waals surface area contributed by atoms with Crippen LogP contribution in [-0.2, 0) is 24.3 Å². The van der Waals surface area contributed by atoms with Crippen LogP contribution in [0.5, 0.6) is 0 Å². The second kappa shape index (κ2) is 10.1. The zero-order valence-corrected chi connectivity index (χ0v) is 19.8. The van der Waals surface area contributed by atoms with Gasteiger partial charge in [-0.1, -0.05) is 18.2 Å². The number of aromatic nitrogens is 1. The molecule has 164 valence electrons. The maximum atomic E-state index is 12.8. The van der Waals surface area contributed by atoms with E-state index in [4.69, 9.17) is 0 Å². The highest BCUT2D eigenvalue weighted by Crippen LogP contribution is 2.25. The van der Waals surface area contributed by atoms with Gasteiger partial charge in [0.05, 0.1) is 5.56 Å². The van der Waals surface area contributed by atoms with Crippen LogP contribution < -0.4 is 5.32 Å². The fourth-order valence-electron chi connectivity index (χ4n) is 3.89. The normalized spacial score (nSPS) is 13.2. The van der Waals surface area contributed by atoms with Gasteiger partial charge in [0, 0.05) is 47.4 Å². The topological polar surface area (TPSA) is 62.3 Å². The Morgan fingerprint density at radius 1 is 1.25 bits per heavy atom. The molecule has 0 radical (unpaired) electrons. The SMILES string of the molecule is CSc1ccccc1C(=O)NCc1c(C)ncc2c1CCN(C(=O)/C=C/c1cccs1)C2. The lowest BCUT2D eigenvalue weighted by molar-refractivity contribution is -0.126. The predicted molar refractivity (Wildman–Crippen MR) is 131 cm³/mol. The van der Waals surface area contributed by atoms with Gasteiger partial charge in [0.15, 0.2) is 0 Å². The van der Waals surface area contributed by atoms with E-state index in [1.807, 2.05) is 72.1 Å². The van der Waals surface area contributed by atoms with Crippen LogP contribution >= 0.6 is 23.1 Å². The Balaban J connectivity index is 1.46. The number of fused-ring (bicyclic) bond motifs is 1. The molecule has 3 aromatic rings. The molecule has 0 saturated carbocycles. The number of thiophene rings is 1. The van der Waals surface area contributed by atoms with Gasteiger partial charge >= 0.3 is 0 Å². The van der Waals surface area contributed by atoms with E-state index in [1.54, 1.807) is 29.2 Å². The molecule has 0 spiro atoms. The van der Waals surface area contributed by atoms with Crippen molar-refractivity contribution in [1.82, 2.24) is 15.2 Å². The molecule has 2 aromatic heterocycles. The van der Waals surface area contributed by atoms with Crippen LogP contribution in [0.25, 0.3) is 6.08 Å². The van der Waals surface area contributed by atoms with Crippen molar-refractivity contribution < 1.29 is 9.59 Å². The minimum absolute atomic E-state index is 0.00755. The third-order valence-electron chi connectivity index (χ3n) is 5.62. The molecular formula is C25H25N3O2S2. The zero-order chi connectivity index (χ0) is 22.5. The highest BCUT2D eigenvalue weighted by atomic mass is 32.2. The van der Waals surface area contributed by atoms with Gasteiger partial charge in [0.2, 0.25) is 5.91 Å². The largest absolute Gasteiger partial charge is 0.348 e. The summed E-state index contributed by atoms with van der Waals surface area (Å²) in [5.41, 5.74) is 4.90. The van der Waals surface area contributed by atoms with Gasteiger partial charge in [0.25, 0.3) is 5.91 Å². The lowest BCUT2D eigenvalue weighted by Crippen LogP contribution is -2.36. The number of nitrogens with zero attached hydrogens (tertiary/aromatic N) is 2. The number of pyridine rings is 1. The molecule has 1 aliphatic rings. The van der Waals surface area contributed by atoms with E-state index in [2.05, 4.69) is 10.3 Å². The number of aryl methyl sites for hydroxylation is 1. The first-order chi connectivity index (χ1) is 15.6. The quantitative estimate of drug-likeness (QED) is 0.425. The lowest BCUT2D eigenvalue weighted by atomic mass is 9.94. The molecule has 0 unspecified atom stereocenters. The minimum atomic E-state index is -0.0849. The Morgan fingerprint density at radius 3 is 2.88 bits per heavy atom. The Labute approximate surface area is 196 Å². The Hall–Kier alpha value is -2.90. The van der Waals surface area contributed by atoms with Crippen molar-refractivity contribution in [2.24, 2.45) is 0 Å². The number of rotatable bonds is 6. The van der Waals surface area contributed by atoms with Crippen LogP contribution in [0.4, 0.5) is 0 Å². The average molecular weight is 464 g/mol. The molecule has 0 aliphatic carbocycles. The highest BCUT2D eigenvalue weighted by Gasteiger charge is 2.23. The minimum Gasteiger partial charge on any atom is -0.348 e. The number of carbonyl (C=O) groups excluding carboxylic acids is 2. The predicted octanol–water partition coefficient (Wildman–Crippen LogP) is 4.70. The summed E-state index contributed by atoms with van der Waals surface area (Å²) >= 11 is 3.17. The number of nitrogens with one attached hydrogen (secondary N) is 1. The number of carbonyl (C=O) groups is 2. The molecule has 1 aliphatic heterocycles. The smallest absolute Gasteiger partial charge is 0.252 e. The molecular weight excluding hydrogens is 438 g/mol. The molecule has 2 amide bonds. The van der Waals surface area contributed by atoms with Crippen LogP contribution in [-0.4, -0.2) is 34.5 Å². The van der Waals surface area contributed by atoms with Crippen LogP contribution in [0.15, 0.2) is 58.9 Å². The van der Waals surface area contributed by atoms with E-state index in [0.717, 1.165) is 33.0 Å². The number of hydrogen-bond donors (Lipinski definition) is 1. The molecule has 5 nitrogen and oxygen atoms in total. The van der Waals surface area contributed by atoms with Gasteiger partial charge in [-0.25, -0.2) is 0 Å². The fraction of sp³-hybridized carbons (Fsp3) is 0.240. The number of thioether (sulfide) groups is 1. The van der Waals surface area contributed by atoms with E-state index < -0.39 is 0 Å². The first kappa shape index (κ1) is 22.3. The molecule has 7 heteroatoms. The number of amides is 2. The summed E-state index contributed by atoms with van der Waals surface area (Å²) in [5.74, 6) is -0.0774. The molecule has 0 bridgehead atoms. The monoisotopic (exact) mass is 463 g/mol. The Morgan fingerprint density at radius 2 is 2.09 bits per heavy atom. The van der Waals surface area contributed by atoms with E-state index in [9.17, 15) is 9.59 Å². The molecule has 0 atom stereocenters. The van der Waals surface area contributed by atoms with Gasteiger partial charge in [-0.3, -0.25) is 14.6 Å². The summed E-state index contributed by atoms with van der Waals surface area (Å²) in [4.78, 5) is 33.9. The Bertz CT molecular complexity index is 1160. The van der Waals surface area contributed by atoms with Crippen LogP contribution in [0.3, 0.4) is 0 Å². The molecule has 4 rings (SSSR count). The zero-order valence-electron chi connectivity index (χ0n) is 18.1. The highest BCUT2D eigenvalue weighted by molar-refractivity contribution is 7.98. The van der Waals surface area contributed by atoms with Gasteiger partial charge in [-0.05, 0) is 65.9 Å². The van der Waals surface area contributed by atoms with Crippen molar-refractivity contribution in [2.45, 2.75) is 31.3 Å². The van der Waals surface area contributed by atoms with Gasteiger partial charge in [0.1, 0.15) is 0 Å². The first-order valence-electron chi connectivity index (χ1n) is 10.4. The van der Waals surface area contributed by atoms with Crippen LogP contribution in [0, 0.1) is 6.92 Å². The summed E-state index contributed by atoms with van der Waals surface area (Å²) in [6, 6.07) is 11.6. The van der Waals surface area contributed by atoms with Crippen molar-refractivity contribution in [1.29, 1.82) is 0 Å². The summed E-state index contributed by atoms with van der Waals surface area (Å²) in [5, 5.41) is 5.06. The van der Waals surface area contributed by atoms with Crippen molar-refractivity contribution >= 4 is 41.0 Å². The first-order valence-corrected chi connectivity index (χ1v) is 12.5. The summed E-state index contributed by atoms with van der Waals surface area (Å²) in [6.07, 6.45) is 8.09. The molecule has 3 heterocycles. The number of benzene rings is 1. The summed E-state index contributed by atoms with van der Waals surface area (Å²) in [7, 11) is 0. The Kier molecular flexibility index (Phi) is 7.07. The standard InChI is InChI=1S/C25H25N3O2S2/c1-17-22(15-27-25(30)21-7-3-4-8-23(21)31-2)20-11-12-28(16-18(20)14-26-17)24(29)10-9-19-6-5-13-32-19/h3-10,13-14H,11-12,15-16H2,1-2H3,(H,27,30)/b10-9+. The average Bonchev–Trinajstić information content (AvgIpc) is 3.35. The van der Waals surface area contributed by atoms with Crippen molar-refractivity contribution in [2.75, 3.05) is 12.8 Å². The van der Waals surface area contributed by atoms with Gasteiger partial charge in [-0.2, -0.15) is 0 Å². The third kappa shape index (κ3) is 4.95. The second-order valence-corrected chi connectivity index (χ2v) is 9.39. The maximum absolute atomic E-state index is 12.8. The van der Waals surface area contributed by atoms with Gasteiger partial charge < -0.3 is 10.2 Å². The van der Waals surface area contributed by atoms with E-state index >= 15 is 0 Å². The molecule has 0 fully saturated rings. The molecule has 32 heavy (non-hydrogen) atoms. The van der Waals surface area contributed by atoms with E-state index in [-0.39, 0.29) is 11.8 Å². The van der Waals surface area contributed by atoms with Crippen molar-refractivity contribution in [3.05, 3.63) is 86.9 Å². The molecule has 1 aromatic carbocycles. The lowest BCUT2D eigenvalue weighted by Gasteiger charge is -2.30. The van der Waals surface area contributed by atoms with Crippen LogP contribution in [0.1, 0.15) is 37.6 Å². The van der Waals surface area contributed by atoms with Crippen LogP contribution in [0.2, 0.25) is 0 Å². The van der Waals surface area contributed by atoms with E-state index in [0.29, 0.717) is 25.2 Å². The number of hydrogen-bond acceptors (Lipinski definition) is 5. The fourth-order valence-corrected chi connectivity index (χ4v) is 5.10. The third-order valence-corrected chi connectivity index (χ3v) is 7.25. The second-order valence-electron chi connectivity index (χ2n) is 7.57. The van der Waals surface area contributed by atoms with Crippen molar-refractivity contribution in [3.63, 3.8) is 0 Å². The van der Waals surface area contributed by atoms with Crippen molar-refractivity contribution in [3.8, 4) is 0 Å². The molecule has 1 N–H and O–H groups in total. The summed E-state index contributed by atoms with van der Waals surface area (Å²) < 4.78 is 0. The van der Waals surface area contributed by atoms with E-state index in [1.165, 1.54) is 5.56 Å². The maximum Gasteiger partial charge on any atom is 0.252 e.